The molecule has 0 saturated carbocycles. The summed E-state index contributed by atoms with van der Waals surface area (Å²) in [6.45, 7) is 12.8. The molecule has 0 aliphatic carbocycles. The minimum atomic E-state index is -0.182. The maximum atomic E-state index is 9.69. The molecule has 2 aliphatic heterocycles. The van der Waals surface area contributed by atoms with E-state index in [0.717, 1.165) is 25.9 Å². The van der Waals surface area contributed by atoms with Gasteiger partial charge in [-0.15, -0.1) is 0 Å². The number of likely N-dealkylation sites (tertiary alicyclic amines) is 1. The first-order chi connectivity index (χ1) is 7.71. The Bertz CT molecular complexity index is 286. The highest BCUT2D eigenvalue weighted by Crippen LogP contribution is 2.41. The normalized spacial score (nSPS) is 38.5. The van der Waals surface area contributed by atoms with Crippen LogP contribution in [0.3, 0.4) is 0 Å². The van der Waals surface area contributed by atoms with Gasteiger partial charge in [-0.25, -0.2) is 0 Å². The van der Waals surface area contributed by atoms with E-state index in [-0.39, 0.29) is 17.3 Å². The summed E-state index contributed by atoms with van der Waals surface area (Å²) in [5.74, 6) is 0.439. The van der Waals surface area contributed by atoms with Crippen LogP contribution in [-0.2, 0) is 4.74 Å². The van der Waals surface area contributed by atoms with Crippen LogP contribution < -0.4 is 0 Å². The smallest absolute Gasteiger partial charge is 0.0789 e. The molecule has 17 heavy (non-hydrogen) atoms. The summed E-state index contributed by atoms with van der Waals surface area (Å²) in [5.41, 5.74) is -0.0891. The van der Waals surface area contributed by atoms with E-state index < -0.39 is 0 Å². The lowest BCUT2D eigenvalue weighted by molar-refractivity contribution is -0.0793. The Kier molecular flexibility index (Phi) is 3.30. The van der Waals surface area contributed by atoms with Crippen molar-refractivity contribution in [2.24, 2.45) is 5.92 Å². The zero-order chi connectivity index (χ0) is 12.8. The van der Waals surface area contributed by atoms with Crippen molar-refractivity contribution in [1.82, 2.24) is 4.90 Å². The molecule has 0 aromatic carbocycles. The third-order valence-electron chi connectivity index (χ3n) is 4.41. The lowest BCUT2D eigenvalue weighted by atomic mass is 9.93. The van der Waals surface area contributed by atoms with Crippen LogP contribution in [0.15, 0.2) is 0 Å². The van der Waals surface area contributed by atoms with Gasteiger partial charge in [0.1, 0.15) is 0 Å². The molecule has 0 aromatic rings. The van der Waals surface area contributed by atoms with Gasteiger partial charge in [0.2, 0.25) is 0 Å². The fraction of sp³-hybridized carbons (Fsp3) is 1.00. The fourth-order valence-electron chi connectivity index (χ4n) is 3.59. The van der Waals surface area contributed by atoms with Crippen LogP contribution in [0.25, 0.3) is 0 Å². The molecule has 1 N–H and O–H groups in total. The van der Waals surface area contributed by atoms with Gasteiger partial charge in [0, 0.05) is 12.6 Å². The van der Waals surface area contributed by atoms with Crippen LogP contribution >= 0.6 is 0 Å². The van der Waals surface area contributed by atoms with Gasteiger partial charge in [-0.1, -0.05) is 0 Å². The summed E-state index contributed by atoms with van der Waals surface area (Å²) in [5, 5.41) is 9.69. The summed E-state index contributed by atoms with van der Waals surface area (Å²) < 4.78 is 6.15. The molecule has 0 spiro atoms. The monoisotopic (exact) mass is 241 g/mol. The average molecular weight is 241 g/mol. The molecular formula is C14H27NO2. The van der Waals surface area contributed by atoms with Crippen molar-refractivity contribution in [2.75, 3.05) is 13.1 Å². The minimum Gasteiger partial charge on any atom is -0.393 e. The zero-order valence-corrected chi connectivity index (χ0v) is 11.9. The third kappa shape index (κ3) is 2.67. The molecule has 0 bridgehead atoms. The van der Waals surface area contributed by atoms with E-state index in [0.29, 0.717) is 12.0 Å². The van der Waals surface area contributed by atoms with Gasteiger partial charge in [0.15, 0.2) is 0 Å². The van der Waals surface area contributed by atoms with Gasteiger partial charge in [0.05, 0.1) is 17.3 Å². The third-order valence-corrected chi connectivity index (χ3v) is 4.41. The van der Waals surface area contributed by atoms with Crippen LogP contribution in [0.4, 0.5) is 0 Å². The second kappa shape index (κ2) is 4.22. The molecule has 2 saturated heterocycles. The van der Waals surface area contributed by atoms with Gasteiger partial charge in [-0.05, 0) is 59.9 Å². The first kappa shape index (κ1) is 13.3. The molecule has 0 amide bonds. The van der Waals surface area contributed by atoms with E-state index in [9.17, 15) is 5.11 Å². The Morgan fingerprint density at radius 3 is 2.35 bits per heavy atom. The summed E-state index contributed by atoms with van der Waals surface area (Å²) in [6.07, 6.45) is 2.02. The summed E-state index contributed by atoms with van der Waals surface area (Å²) in [7, 11) is 0. The molecule has 2 rings (SSSR count). The van der Waals surface area contributed by atoms with Crippen molar-refractivity contribution in [3.63, 3.8) is 0 Å². The van der Waals surface area contributed by atoms with Crippen molar-refractivity contribution < 1.29 is 9.84 Å². The van der Waals surface area contributed by atoms with Crippen LogP contribution in [0, 0.1) is 5.92 Å². The SMILES string of the molecule is CC(O)C1CCN(C2CC(C)(C)OC2(C)C)C1. The van der Waals surface area contributed by atoms with Crippen LogP contribution in [0.5, 0.6) is 0 Å². The standard InChI is InChI=1S/C14H27NO2/c1-10(16)11-6-7-15(9-11)12-8-13(2,3)17-14(12,4)5/h10-12,16H,6-9H2,1-5H3. The highest BCUT2D eigenvalue weighted by Gasteiger charge is 2.49. The molecule has 3 nitrogen and oxygen atoms in total. The van der Waals surface area contributed by atoms with Gasteiger partial charge in [-0.2, -0.15) is 0 Å². The molecule has 100 valence electrons. The Labute approximate surface area is 105 Å². The molecule has 3 unspecified atom stereocenters. The van der Waals surface area contributed by atoms with Crippen molar-refractivity contribution in [3.8, 4) is 0 Å². The van der Waals surface area contributed by atoms with E-state index in [2.05, 4.69) is 32.6 Å². The van der Waals surface area contributed by atoms with Crippen molar-refractivity contribution in [1.29, 1.82) is 0 Å². The first-order valence-electron chi connectivity index (χ1n) is 6.83. The number of nitrogens with zero attached hydrogens (tertiary/aromatic N) is 1. The molecule has 2 aliphatic rings. The maximum Gasteiger partial charge on any atom is 0.0789 e. The molecule has 2 heterocycles. The lowest BCUT2D eigenvalue weighted by Crippen LogP contribution is -2.45. The summed E-state index contributed by atoms with van der Waals surface area (Å²) in [4.78, 5) is 2.52. The second-order valence-corrected chi connectivity index (χ2v) is 6.97. The lowest BCUT2D eigenvalue weighted by Gasteiger charge is -2.33. The predicted molar refractivity (Wildman–Crippen MR) is 69.0 cm³/mol. The highest BCUT2D eigenvalue weighted by molar-refractivity contribution is 5.01. The average Bonchev–Trinajstić information content (AvgIpc) is 2.67. The fourth-order valence-corrected chi connectivity index (χ4v) is 3.59. The minimum absolute atomic E-state index is 0.0168. The summed E-state index contributed by atoms with van der Waals surface area (Å²) in [6, 6.07) is 0.487. The second-order valence-electron chi connectivity index (χ2n) is 6.97. The predicted octanol–water partition coefficient (Wildman–Crippen LogP) is 2.04. The van der Waals surface area contributed by atoms with Crippen molar-refractivity contribution in [3.05, 3.63) is 0 Å². The number of ether oxygens (including phenoxy) is 1. The van der Waals surface area contributed by atoms with Gasteiger partial charge in [-0.3, -0.25) is 4.90 Å². The molecule has 0 radical (unpaired) electrons. The highest BCUT2D eigenvalue weighted by atomic mass is 16.5. The Hall–Kier alpha value is -0.120. The van der Waals surface area contributed by atoms with Gasteiger partial charge >= 0.3 is 0 Å². The number of rotatable bonds is 2. The van der Waals surface area contributed by atoms with Crippen molar-refractivity contribution >= 4 is 0 Å². The zero-order valence-electron chi connectivity index (χ0n) is 11.9. The van der Waals surface area contributed by atoms with E-state index in [4.69, 9.17) is 4.74 Å². The number of hydrogen-bond acceptors (Lipinski definition) is 3. The van der Waals surface area contributed by atoms with Crippen LogP contribution in [-0.4, -0.2) is 46.4 Å². The van der Waals surface area contributed by atoms with Gasteiger partial charge < -0.3 is 9.84 Å². The van der Waals surface area contributed by atoms with Crippen LogP contribution in [0.2, 0.25) is 0 Å². The Morgan fingerprint density at radius 1 is 1.29 bits per heavy atom. The Morgan fingerprint density at radius 2 is 1.94 bits per heavy atom. The molecular weight excluding hydrogens is 214 g/mol. The maximum absolute atomic E-state index is 9.69. The largest absolute Gasteiger partial charge is 0.393 e. The van der Waals surface area contributed by atoms with Crippen LogP contribution in [0.1, 0.15) is 47.5 Å². The van der Waals surface area contributed by atoms with E-state index in [1.807, 2.05) is 6.92 Å². The molecule has 2 fully saturated rings. The summed E-state index contributed by atoms with van der Waals surface area (Å²) >= 11 is 0. The van der Waals surface area contributed by atoms with Crippen molar-refractivity contribution in [2.45, 2.75) is 70.8 Å². The topological polar surface area (TPSA) is 32.7 Å². The van der Waals surface area contributed by atoms with Gasteiger partial charge in [0.25, 0.3) is 0 Å². The Balaban J connectivity index is 2.04. The number of aliphatic hydroxyl groups excluding tert-OH is 1. The molecule has 0 aromatic heterocycles. The molecule has 3 atom stereocenters. The quantitative estimate of drug-likeness (QED) is 0.803. The van der Waals surface area contributed by atoms with E-state index >= 15 is 0 Å². The number of aliphatic hydroxyl groups is 1. The first-order valence-corrected chi connectivity index (χ1v) is 6.83. The van der Waals surface area contributed by atoms with E-state index in [1.54, 1.807) is 0 Å². The molecule has 3 heteroatoms. The number of hydrogen-bond donors (Lipinski definition) is 1. The van der Waals surface area contributed by atoms with E-state index in [1.165, 1.54) is 0 Å².